The maximum Gasteiger partial charge on any atom is 0.258 e. The second kappa shape index (κ2) is 5.42. The quantitative estimate of drug-likeness (QED) is 0.716. The molecule has 4 nitrogen and oxygen atoms in total. The number of nitrogens with zero attached hydrogens (tertiary/aromatic N) is 1. The van der Waals surface area contributed by atoms with Crippen molar-refractivity contribution in [3.63, 3.8) is 0 Å². The summed E-state index contributed by atoms with van der Waals surface area (Å²) in [5.41, 5.74) is 3.45. The number of amides is 1. The predicted octanol–water partition coefficient (Wildman–Crippen LogP) is 3.74. The molecule has 23 heavy (non-hydrogen) atoms. The smallest absolute Gasteiger partial charge is 0.258 e. The lowest BCUT2D eigenvalue weighted by Crippen LogP contribution is -2.20. The van der Waals surface area contributed by atoms with Gasteiger partial charge in [0.25, 0.3) is 5.91 Å². The van der Waals surface area contributed by atoms with Crippen LogP contribution in [0.3, 0.4) is 0 Å². The second-order valence-corrected chi connectivity index (χ2v) is 6.40. The molecular formula is C18H14BrNO3. The molecule has 2 heterocycles. The molecule has 0 spiro atoms. The minimum absolute atomic E-state index is 0.00649. The minimum atomic E-state index is -0.00649. The molecule has 2 aliphatic heterocycles. The van der Waals surface area contributed by atoms with Crippen LogP contribution in [0.4, 0.5) is 5.69 Å². The van der Waals surface area contributed by atoms with E-state index in [1.165, 1.54) is 0 Å². The molecule has 116 valence electrons. The van der Waals surface area contributed by atoms with Gasteiger partial charge in [-0.1, -0.05) is 22.0 Å². The molecule has 4 rings (SSSR count). The number of likely N-dealkylation sites (N-methyl/N-ethyl adjacent to an activating group) is 1. The van der Waals surface area contributed by atoms with E-state index in [1.807, 2.05) is 42.5 Å². The van der Waals surface area contributed by atoms with Crippen molar-refractivity contribution in [3.05, 3.63) is 52.0 Å². The van der Waals surface area contributed by atoms with Gasteiger partial charge in [0.1, 0.15) is 13.2 Å². The zero-order chi connectivity index (χ0) is 16.0. The monoisotopic (exact) mass is 371 g/mol. The fourth-order valence-corrected chi connectivity index (χ4v) is 3.24. The van der Waals surface area contributed by atoms with Crippen molar-refractivity contribution < 1.29 is 14.3 Å². The van der Waals surface area contributed by atoms with Gasteiger partial charge in [-0.25, -0.2) is 0 Å². The van der Waals surface area contributed by atoms with E-state index in [1.54, 1.807) is 11.9 Å². The summed E-state index contributed by atoms with van der Waals surface area (Å²) in [5, 5.41) is 0. The van der Waals surface area contributed by atoms with Gasteiger partial charge in [-0.3, -0.25) is 4.79 Å². The van der Waals surface area contributed by atoms with Crippen LogP contribution in [0, 0.1) is 0 Å². The third kappa shape index (κ3) is 2.41. The summed E-state index contributed by atoms with van der Waals surface area (Å²) in [4.78, 5) is 14.2. The Morgan fingerprint density at radius 2 is 1.87 bits per heavy atom. The number of halogens is 1. The lowest BCUT2D eigenvalue weighted by atomic mass is 10.0. The molecule has 0 bridgehead atoms. The summed E-state index contributed by atoms with van der Waals surface area (Å²) in [6.07, 6.45) is 1.90. The lowest BCUT2D eigenvalue weighted by Gasteiger charge is -2.18. The summed E-state index contributed by atoms with van der Waals surface area (Å²) >= 11 is 3.47. The average molecular weight is 372 g/mol. The number of benzene rings is 2. The van der Waals surface area contributed by atoms with Crippen LogP contribution in [0.5, 0.6) is 11.5 Å². The van der Waals surface area contributed by atoms with E-state index in [-0.39, 0.29) is 5.91 Å². The largest absolute Gasteiger partial charge is 0.486 e. The first kappa shape index (κ1) is 14.3. The molecular weight excluding hydrogens is 358 g/mol. The second-order valence-electron chi connectivity index (χ2n) is 5.49. The third-order valence-corrected chi connectivity index (χ3v) is 4.52. The molecule has 0 aliphatic carbocycles. The van der Waals surface area contributed by atoms with E-state index in [2.05, 4.69) is 15.9 Å². The molecule has 0 fully saturated rings. The fourth-order valence-electron chi connectivity index (χ4n) is 2.88. The first-order valence-electron chi connectivity index (χ1n) is 7.33. The van der Waals surface area contributed by atoms with Crippen LogP contribution in [0.25, 0.3) is 11.6 Å². The van der Waals surface area contributed by atoms with E-state index >= 15 is 0 Å². The number of carbonyl (C=O) groups excluding carboxylic acids is 1. The van der Waals surface area contributed by atoms with Crippen molar-refractivity contribution in [2.75, 3.05) is 25.2 Å². The Morgan fingerprint density at radius 3 is 2.70 bits per heavy atom. The number of hydrogen-bond donors (Lipinski definition) is 0. The number of fused-ring (bicyclic) bond motifs is 2. The molecule has 0 radical (unpaired) electrons. The fraction of sp³-hybridized carbons (Fsp3) is 0.167. The summed E-state index contributed by atoms with van der Waals surface area (Å²) in [7, 11) is 1.79. The number of ether oxygens (including phenoxy) is 2. The van der Waals surface area contributed by atoms with E-state index in [0.29, 0.717) is 18.8 Å². The van der Waals surface area contributed by atoms with Crippen molar-refractivity contribution in [3.8, 4) is 11.5 Å². The molecule has 2 aromatic rings. The van der Waals surface area contributed by atoms with Gasteiger partial charge in [0.05, 0.1) is 5.69 Å². The van der Waals surface area contributed by atoms with Crippen molar-refractivity contribution in [1.29, 1.82) is 0 Å². The zero-order valence-electron chi connectivity index (χ0n) is 12.5. The number of anilines is 1. The zero-order valence-corrected chi connectivity index (χ0v) is 14.1. The summed E-state index contributed by atoms with van der Waals surface area (Å²) in [6.45, 7) is 1.11. The van der Waals surface area contributed by atoms with Crippen LogP contribution in [-0.2, 0) is 4.79 Å². The van der Waals surface area contributed by atoms with Gasteiger partial charge >= 0.3 is 0 Å². The molecule has 2 aliphatic rings. The Hall–Kier alpha value is -2.27. The van der Waals surface area contributed by atoms with Crippen LogP contribution in [0.2, 0.25) is 0 Å². The summed E-state index contributed by atoms with van der Waals surface area (Å²) in [6, 6.07) is 11.6. The van der Waals surface area contributed by atoms with Gasteiger partial charge in [-0.2, -0.15) is 0 Å². The highest BCUT2D eigenvalue weighted by atomic mass is 79.9. The normalized spacial score (nSPS) is 17.6. The third-order valence-electron chi connectivity index (χ3n) is 4.02. The van der Waals surface area contributed by atoms with Crippen LogP contribution in [-0.4, -0.2) is 26.2 Å². The molecule has 0 aromatic heterocycles. The van der Waals surface area contributed by atoms with E-state index in [9.17, 15) is 4.79 Å². The molecule has 2 aromatic carbocycles. The van der Waals surface area contributed by atoms with Gasteiger partial charge < -0.3 is 14.4 Å². The number of rotatable bonds is 1. The average Bonchev–Trinajstić information content (AvgIpc) is 2.79. The van der Waals surface area contributed by atoms with Crippen LogP contribution in [0.15, 0.2) is 40.9 Å². The van der Waals surface area contributed by atoms with Crippen LogP contribution in [0.1, 0.15) is 11.1 Å². The highest BCUT2D eigenvalue weighted by molar-refractivity contribution is 9.10. The summed E-state index contributed by atoms with van der Waals surface area (Å²) < 4.78 is 12.1. The van der Waals surface area contributed by atoms with Gasteiger partial charge in [0.15, 0.2) is 11.5 Å². The van der Waals surface area contributed by atoms with E-state index in [4.69, 9.17) is 9.47 Å². The highest BCUT2D eigenvalue weighted by Crippen LogP contribution is 2.39. The Labute approximate surface area is 142 Å². The maximum absolute atomic E-state index is 12.6. The Bertz CT molecular complexity index is 844. The Balaban J connectivity index is 1.80. The maximum atomic E-state index is 12.6. The van der Waals surface area contributed by atoms with Gasteiger partial charge in [-0.15, -0.1) is 0 Å². The van der Waals surface area contributed by atoms with Gasteiger partial charge in [-0.05, 0) is 42.0 Å². The van der Waals surface area contributed by atoms with Crippen molar-refractivity contribution >= 4 is 39.2 Å². The number of carbonyl (C=O) groups is 1. The highest BCUT2D eigenvalue weighted by Gasteiger charge is 2.29. The first-order chi connectivity index (χ1) is 11.1. The minimum Gasteiger partial charge on any atom is -0.486 e. The molecule has 0 saturated carbocycles. The molecule has 0 unspecified atom stereocenters. The first-order valence-corrected chi connectivity index (χ1v) is 8.12. The standard InChI is InChI=1S/C18H14BrNO3/c1-20-15-4-3-12(19)10-13(15)14(18(20)21)8-11-2-5-16-17(9-11)23-7-6-22-16/h2-5,8-10H,6-7H2,1H3/b14-8+. The van der Waals surface area contributed by atoms with Crippen molar-refractivity contribution in [1.82, 2.24) is 0 Å². The van der Waals surface area contributed by atoms with E-state index in [0.717, 1.165) is 32.8 Å². The van der Waals surface area contributed by atoms with Crippen molar-refractivity contribution in [2.45, 2.75) is 0 Å². The summed E-state index contributed by atoms with van der Waals surface area (Å²) in [5.74, 6) is 1.46. The molecule has 0 N–H and O–H groups in total. The Kier molecular flexibility index (Phi) is 3.38. The topological polar surface area (TPSA) is 38.8 Å². The van der Waals surface area contributed by atoms with Gasteiger partial charge in [0, 0.05) is 22.7 Å². The Morgan fingerprint density at radius 1 is 1.09 bits per heavy atom. The molecule has 1 amide bonds. The van der Waals surface area contributed by atoms with Crippen molar-refractivity contribution in [2.24, 2.45) is 0 Å². The predicted molar refractivity (Wildman–Crippen MR) is 92.9 cm³/mol. The van der Waals surface area contributed by atoms with Gasteiger partial charge in [0.2, 0.25) is 0 Å². The van der Waals surface area contributed by atoms with Crippen LogP contribution >= 0.6 is 15.9 Å². The molecule has 0 atom stereocenters. The van der Waals surface area contributed by atoms with Crippen LogP contribution < -0.4 is 14.4 Å². The molecule has 5 heteroatoms. The number of hydrogen-bond acceptors (Lipinski definition) is 3. The lowest BCUT2D eigenvalue weighted by molar-refractivity contribution is -0.112. The SMILES string of the molecule is CN1C(=O)/C(=C/c2ccc3c(c2)OCCO3)c2cc(Br)ccc21. The molecule has 0 saturated heterocycles. The van der Waals surface area contributed by atoms with E-state index < -0.39 is 0 Å².